The maximum Gasteiger partial charge on any atom is 0.416 e. The van der Waals surface area contributed by atoms with Crippen molar-refractivity contribution in [3.8, 4) is 5.88 Å². The average molecular weight is 430 g/mol. The molecular formula is C18H19BrF3N3O. The lowest BCUT2D eigenvalue weighted by Crippen LogP contribution is -2.14. The fourth-order valence-electron chi connectivity index (χ4n) is 2.01. The highest BCUT2D eigenvalue weighted by atomic mass is 79.9. The number of aromatic nitrogens is 1. The van der Waals surface area contributed by atoms with Crippen LogP contribution in [0.4, 0.5) is 18.9 Å². The zero-order chi connectivity index (χ0) is 19.3. The molecule has 2 aromatic rings. The van der Waals surface area contributed by atoms with Gasteiger partial charge in [0.15, 0.2) is 0 Å². The topological polar surface area (TPSA) is 37.7 Å². The van der Waals surface area contributed by atoms with Crippen LogP contribution >= 0.6 is 15.9 Å². The molecule has 0 saturated carbocycles. The van der Waals surface area contributed by atoms with Gasteiger partial charge in [-0.1, -0.05) is 12.1 Å². The first kappa shape index (κ1) is 20.2. The van der Waals surface area contributed by atoms with E-state index in [1.54, 1.807) is 25.4 Å². The van der Waals surface area contributed by atoms with Crippen molar-refractivity contribution in [2.75, 3.05) is 13.6 Å². The van der Waals surface area contributed by atoms with Gasteiger partial charge < -0.3 is 9.64 Å². The Labute approximate surface area is 158 Å². The van der Waals surface area contributed by atoms with E-state index in [0.717, 1.165) is 18.7 Å². The van der Waals surface area contributed by atoms with Gasteiger partial charge in [0.1, 0.15) is 6.61 Å². The fraction of sp³-hybridized carbons (Fsp3) is 0.333. The molecule has 0 N–H and O–H groups in total. The Morgan fingerprint density at radius 1 is 1.31 bits per heavy atom. The minimum absolute atomic E-state index is 0.0177. The number of hydrogen-bond donors (Lipinski definition) is 0. The van der Waals surface area contributed by atoms with Crippen LogP contribution in [0, 0.1) is 6.92 Å². The Hall–Kier alpha value is -2.09. The molecule has 1 aromatic heterocycles. The van der Waals surface area contributed by atoms with Gasteiger partial charge in [0.05, 0.1) is 27.8 Å². The number of nitrogens with zero attached hydrogens (tertiary/aromatic N) is 3. The number of aliphatic imine (C=N–C) groups is 1. The molecule has 4 nitrogen and oxygen atoms in total. The van der Waals surface area contributed by atoms with E-state index in [0.29, 0.717) is 27.3 Å². The van der Waals surface area contributed by atoms with Crippen LogP contribution in [-0.4, -0.2) is 29.8 Å². The van der Waals surface area contributed by atoms with E-state index in [9.17, 15) is 13.2 Å². The Morgan fingerprint density at radius 2 is 2.04 bits per heavy atom. The highest BCUT2D eigenvalue weighted by molar-refractivity contribution is 9.10. The molecular weight excluding hydrogens is 411 g/mol. The van der Waals surface area contributed by atoms with Gasteiger partial charge in [-0.15, -0.1) is 0 Å². The summed E-state index contributed by atoms with van der Waals surface area (Å²) < 4.78 is 44.5. The molecule has 0 amide bonds. The zero-order valence-electron chi connectivity index (χ0n) is 14.6. The number of alkyl halides is 3. The van der Waals surface area contributed by atoms with Crippen molar-refractivity contribution in [2.45, 2.75) is 26.6 Å². The number of aryl methyl sites for hydroxylation is 1. The number of ether oxygens (including phenoxy) is 1. The van der Waals surface area contributed by atoms with Gasteiger partial charge in [-0.3, -0.25) is 0 Å². The first-order chi connectivity index (χ1) is 12.2. The van der Waals surface area contributed by atoms with Gasteiger partial charge in [0, 0.05) is 13.6 Å². The number of benzene rings is 1. The first-order valence-electron chi connectivity index (χ1n) is 7.91. The largest absolute Gasteiger partial charge is 0.472 e. The van der Waals surface area contributed by atoms with Gasteiger partial charge in [0.2, 0.25) is 5.88 Å². The number of rotatable bonds is 6. The van der Waals surface area contributed by atoms with Crippen LogP contribution in [0.1, 0.15) is 23.7 Å². The number of halogens is 4. The monoisotopic (exact) mass is 429 g/mol. The van der Waals surface area contributed by atoms with E-state index in [1.165, 1.54) is 6.07 Å². The van der Waals surface area contributed by atoms with E-state index in [4.69, 9.17) is 4.74 Å². The molecule has 0 spiro atoms. The van der Waals surface area contributed by atoms with Crippen molar-refractivity contribution < 1.29 is 17.9 Å². The zero-order valence-corrected chi connectivity index (χ0v) is 16.2. The van der Waals surface area contributed by atoms with E-state index in [2.05, 4.69) is 25.9 Å². The van der Waals surface area contributed by atoms with Gasteiger partial charge >= 0.3 is 6.18 Å². The van der Waals surface area contributed by atoms with Crippen molar-refractivity contribution in [3.05, 3.63) is 51.6 Å². The second kappa shape index (κ2) is 8.53. The van der Waals surface area contributed by atoms with Crippen molar-refractivity contribution in [1.82, 2.24) is 9.88 Å². The van der Waals surface area contributed by atoms with Gasteiger partial charge in [0.25, 0.3) is 0 Å². The standard InChI is InChI=1S/C18H19BrF3N3O/c1-4-25(3)11-23-16-9-15(19)17(24-12(16)2)26-10-13-6-5-7-14(8-13)18(20,21)22/h5-9,11H,4,10H2,1-3H3. The molecule has 0 radical (unpaired) electrons. The predicted molar refractivity (Wildman–Crippen MR) is 98.9 cm³/mol. The third-order valence-electron chi connectivity index (χ3n) is 3.63. The van der Waals surface area contributed by atoms with Gasteiger partial charge in [-0.25, -0.2) is 9.98 Å². The third-order valence-corrected chi connectivity index (χ3v) is 4.20. The quantitative estimate of drug-likeness (QED) is 0.458. The predicted octanol–water partition coefficient (Wildman–Crippen LogP) is 5.36. The summed E-state index contributed by atoms with van der Waals surface area (Å²) in [5.74, 6) is 0.308. The molecule has 0 aliphatic rings. The van der Waals surface area contributed by atoms with Crippen LogP contribution in [0.5, 0.6) is 5.88 Å². The normalized spacial score (nSPS) is 11.8. The summed E-state index contributed by atoms with van der Waals surface area (Å²) in [6.45, 7) is 4.62. The van der Waals surface area contributed by atoms with Crippen LogP contribution in [0.3, 0.4) is 0 Å². The Morgan fingerprint density at radius 3 is 2.69 bits per heavy atom. The van der Waals surface area contributed by atoms with E-state index < -0.39 is 11.7 Å². The molecule has 0 bridgehead atoms. The fourth-order valence-corrected chi connectivity index (χ4v) is 2.43. The SMILES string of the molecule is CCN(C)C=Nc1cc(Br)c(OCc2cccc(C(F)(F)F)c2)nc1C. The summed E-state index contributed by atoms with van der Waals surface area (Å²) in [7, 11) is 1.91. The second-order valence-corrected chi connectivity index (χ2v) is 6.54. The number of hydrogen-bond acceptors (Lipinski definition) is 3. The summed E-state index contributed by atoms with van der Waals surface area (Å²) in [6, 6.07) is 6.80. The summed E-state index contributed by atoms with van der Waals surface area (Å²) in [5, 5.41) is 0. The molecule has 0 aliphatic carbocycles. The summed E-state index contributed by atoms with van der Waals surface area (Å²) >= 11 is 3.37. The van der Waals surface area contributed by atoms with E-state index in [1.807, 2.05) is 18.9 Å². The van der Waals surface area contributed by atoms with Crippen molar-refractivity contribution >= 4 is 28.0 Å². The molecule has 2 rings (SSSR count). The van der Waals surface area contributed by atoms with Crippen LogP contribution in [0.25, 0.3) is 0 Å². The molecule has 1 aromatic carbocycles. The van der Waals surface area contributed by atoms with Crippen molar-refractivity contribution in [2.24, 2.45) is 4.99 Å². The molecule has 0 atom stereocenters. The van der Waals surface area contributed by atoms with Gasteiger partial charge in [-0.05, 0) is 53.5 Å². The summed E-state index contributed by atoms with van der Waals surface area (Å²) in [5.41, 5.74) is 1.06. The lowest BCUT2D eigenvalue weighted by atomic mass is 10.1. The van der Waals surface area contributed by atoms with Gasteiger partial charge in [-0.2, -0.15) is 13.2 Å². The molecule has 26 heavy (non-hydrogen) atoms. The van der Waals surface area contributed by atoms with Crippen molar-refractivity contribution in [3.63, 3.8) is 0 Å². The van der Waals surface area contributed by atoms with Crippen LogP contribution in [-0.2, 0) is 12.8 Å². The molecule has 0 aliphatic heterocycles. The third kappa shape index (κ3) is 5.45. The molecule has 0 saturated heterocycles. The second-order valence-electron chi connectivity index (χ2n) is 5.68. The summed E-state index contributed by atoms with van der Waals surface area (Å²) in [4.78, 5) is 10.6. The van der Waals surface area contributed by atoms with E-state index >= 15 is 0 Å². The minimum Gasteiger partial charge on any atom is -0.472 e. The highest BCUT2D eigenvalue weighted by Crippen LogP contribution is 2.32. The maximum atomic E-state index is 12.8. The Kier molecular flexibility index (Phi) is 6.63. The van der Waals surface area contributed by atoms with Crippen LogP contribution in [0.15, 0.2) is 39.8 Å². The number of pyridine rings is 1. The van der Waals surface area contributed by atoms with Crippen LogP contribution in [0.2, 0.25) is 0 Å². The molecule has 1 heterocycles. The Bertz CT molecular complexity index is 794. The first-order valence-corrected chi connectivity index (χ1v) is 8.70. The van der Waals surface area contributed by atoms with Crippen molar-refractivity contribution in [1.29, 1.82) is 0 Å². The smallest absolute Gasteiger partial charge is 0.416 e. The minimum atomic E-state index is -4.38. The van der Waals surface area contributed by atoms with E-state index in [-0.39, 0.29) is 6.61 Å². The highest BCUT2D eigenvalue weighted by Gasteiger charge is 2.30. The maximum absolute atomic E-state index is 12.8. The van der Waals surface area contributed by atoms with Crippen LogP contribution < -0.4 is 4.74 Å². The molecule has 140 valence electrons. The molecule has 8 heteroatoms. The lowest BCUT2D eigenvalue weighted by Gasteiger charge is -2.12. The molecule has 0 unspecified atom stereocenters. The molecule has 0 fully saturated rings. The Balaban J connectivity index is 2.13. The lowest BCUT2D eigenvalue weighted by molar-refractivity contribution is -0.137. The summed E-state index contributed by atoms with van der Waals surface area (Å²) in [6.07, 6.45) is -2.67. The average Bonchev–Trinajstić information content (AvgIpc) is 2.60.